The van der Waals surface area contributed by atoms with Crippen LogP contribution in [0.25, 0.3) is 10.9 Å². The fourth-order valence-corrected chi connectivity index (χ4v) is 4.61. The van der Waals surface area contributed by atoms with Gasteiger partial charge in [-0.25, -0.2) is 9.97 Å². The molecule has 1 atom stereocenters. The minimum Gasteiger partial charge on any atom is -0.373 e. The van der Waals surface area contributed by atoms with Gasteiger partial charge in [0.05, 0.1) is 34.5 Å². The Balaban J connectivity index is 1.98. The van der Waals surface area contributed by atoms with Gasteiger partial charge in [-0.15, -0.1) is 5.53 Å². The van der Waals surface area contributed by atoms with Gasteiger partial charge in [-0.05, 0) is 24.6 Å². The third kappa shape index (κ3) is 4.01. The monoisotopic (exact) mass is 500 g/mol. The summed E-state index contributed by atoms with van der Waals surface area (Å²) in [5.41, 5.74) is 2.62. The van der Waals surface area contributed by atoms with E-state index in [-0.39, 0.29) is 21.1 Å². The van der Waals surface area contributed by atoms with Crippen LogP contribution in [0.15, 0.2) is 36.3 Å². The molecule has 12 heteroatoms. The molecular formula is C21H21Cl2F3N6O. The summed E-state index contributed by atoms with van der Waals surface area (Å²) in [5.74, 6) is 0.672. The average molecular weight is 501 g/mol. The second kappa shape index (κ2) is 8.05. The highest BCUT2D eigenvalue weighted by molar-refractivity contribution is 6.39. The Labute approximate surface area is 198 Å². The Morgan fingerprint density at radius 2 is 1.85 bits per heavy atom. The van der Waals surface area contributed by atoms with Crippen molar-refractivity contribution in [2.24, 2.45) is 7.05 Å². The Bertz CT molecular complexity index is 1280. The summed E-state index contributed by atoms with van der Waals surface area (Å²) in [6.45, 7) is 1.80. The molecule has 1 aliphatic heterocycles. The second-order valence-corrected chi connectivity index (χ2v) is 8.70. The minimum atomic E-state index is -4.51. The third-order valence-corrected chi connectivity index (χ3v) is 6.45. The lowest BCUT2D eigenvalue weighted by atomic mass is 9.86. The molecule has 176 valence electrons. The van der Waals surface area contributed by atoms with E-state index in [9.17, 15) is 18.3 Å². The van der Waals surface area contributed by atoms with Crippen LogP contribution in [0, 0.1) is 6.92 Å². The van der Waals surface area contributed by atoms with Crippen molar-refractivity contribution in [3.63, 3.8) is 0 Å². The predicted molar refractivity (Wildman–Crippen MR) is 119 cm³/mol. The van der Waals surface area contributed by atoms with Crippen LogP contribution < -0.4 is 5.53 Å². The molecule has 2 N–H and O–H groups in total. The molecule has 4 rings (SSSR count). The van der Waals surface area contributed by atoms with E-state index in [0.29, 0.717) is 28.3 Å². The van der Waals surface area contributed by atoms with Crippen LogP contribution in [0.3, 0.4) is 0 Å². The van der Waals surface area contributed by atoms with Crippen LogP contribution >= 0.6 is 23.2 Å². The maximum absolute atomic E-state index is 13.1. The number of likely N-dealkylation sites (N-methyl/N-ethyl adjacent to an activating group) is 1. The summed E-state index contributed by atoms with van der Waals surface area (Å²) in [6, 6.07) is 4.75. The van der Waals surface area contributed by atoms with E-state index in [0.717, 1.165) is 0 Å². The number of benzene rings is 1. The summed E-state index contributed by atoms with van der Waals surface area (Å²) in [7, 11) is 5.28. The van der Waals surface area contributed by atoms with E-state index in [1.807, 2.05) is 0 Å². The van der Waals surface area contributed by atoms with E-state index in [4.69, 9.17) is 23.2 Å². The maximum atomic E-state index is 13.1. The predicted octanol–water partition coefficient (Wildman–Crippen LogP) is 4.06. The highest BCUT2D eigenvalue weighted by Crippen LogP contribution is 2.42. The van der Waals surface area contributed by atoms with Gasteiger partial charge in [0.1, 0.15) is 11.0 Å². The summed E-state index contributed by atoms with van der Waals surface area (Å²) < 4.78 is 41.1. The fourth-order valence-electron chi connectivity index (χ4n) is 4.00. The molecule has 2 aromatic heterocycles. The van der Waals surface area contributed by atoms with Crippen LogP contribution in [0.5, 0.6) is 0 Å². The van der Waals surface area contributed by atoms with Gasteiger partial charge in [0.25, 0.3) is 0 Å². The minimum absolute atomic E-state index is 0.156. The first-order valence-corrected chi connectivity index (χ1v) is 10.6. The van der Waals surface area contributed by atoms with Crippen molar-refractivity contribution in [1.29, 1.82) is 0 Å². The van der Waals surface area contributed by atoms with Crippen LogP contribution in [0.1, 0.15) is 22.6 Å². The molecule has 0 radical (unpaired) electrons. The molecule has 0 fully saturated rings. The summed E-state index contributed by atoms with van der Waals surface area (Å²) in [5, 5.41) is 15.3. The highest BCUT2D eigenvalue weighted by Gasteiger charge is 2.43. The Kier molecular flexibility index (Phi) is 5.76. The number of pyridine rings is 1. The molecule has 0 saturated carbocycles. The van der Waals surface area contributed by atoms with Gasteiger partial charge in [0.15, 0.2) is 5.60 Å². The number of nitrogens with zero attached hydrogens (tertiary/aromatic N) is 5. The van der Waals surface area contributed by atoms with Crippen molar-refractivity contribution in [1.82, 2.24) is 30.1 Å². The molecule has 3 heterocycles. The largest absolute Gasteiger partial charge is 0.393 e. The molecule has 33 heavy (non-hydrogen) atoms. The zero-order valence-corrected chi connectivity index (χ0v) is 19.7. The first-order chi connectivity index (χ1) is 15.3. The molecule has 1 unspecified atom stereocenters. The number of aliphatic hydroxyl groups is 1. The van der Waals surface area contributed by atoms with Gasteiger partial charge in [-0.2, -0.15) is 13.2 Å². The van der Waals surface area contributed by atoms with Crippen LogP contribution in [0.2, 0.25) is 10.2 Å². The van der Waals surface area contributed by atoms with Gasteiger partial charge >= 0.3 is 6.18 Å². The SMILES string of the molecule is Cc1ncc(C(O)(C2=CN(C)NN2C)c2ccc3nc(Cl)c(CC(F)(F)F)c(Cl)c3c2)n1C. The number of aryl methyl sites for hydroxylation is 1. The molecule has 0 saturated heterocycles. The molecule has 1 aliphatic rings. The van der Waals surface area contributed by atoms with E-state index in [1.54, 1.807) is 67.2 Å². The van der Waals surface area contributed by atoms with E-state index < -0.39 is 18.2 Å². The first kappa shape index (κ1) is 23.6. The van der Waals surface area contributed by atoms with Gasteiger partial charge in [0.2, 0.25) is 0 Å². The van der Waals surface area contributed by atoms with E-state index in [1.165, 1.54) is 6.07 Å². The van der Waals surface area contributed by atoms with Crippen molar-refractivity contribution in [3.8, 4) is 0 Å². The van der Waals surface area contributed by atoms with E-state index in [2.05, 4.69) is 15.5 Å². The average Bonchev–Trinajstić information content (AvgIpc) is 3.25. The molecule has 0 spiro atoms. The molecule has 0 bridgehead atoms. The smallest absolute Gasteiger partial charge is 0.373 e. The quantitative estimate of drug-likeness (QED) is 0.526. The number of halogens is 5. The number of aromatic nitrogens is 3. The molecule has 0 amide bonds. The fraction of sp³-hybridized carbons (Fsp3) is 0.333. The first-order valence-electron chi connectivity index (χ1n) is 9.84. The molecule has 0 aliphatic carbocycles. The maximum Gasteiger partial charge on any atom is 0.393 e. The Hall–Kier alpha value is -2.53. The van der Waals surface area contributed by atoms with Crippen LogP contribution in [-0.2, 0) is 19.1 Å². The van der Waals surface area contributed by atoms with Crippen LogP contribution in [0.4, 0.5) is 13.2 Å². The third-order valence-electron chi connectivity index (χ3n) is 5.71. The number of alkyl halides is 3. The topological polar surface area (TPSA) is 69.5 Å². The number of nitrogens with one attached hydrogen (secondary N) is 1. The van der Waals surface area contributed by atoms with Gasteiger partial charge < -0.3 is 9.67 Å². The van der Waals surface area contributed by atoms with Crippen molar-refractivity contribution in [3.05, 3.63) is 69.1 Å². The Morgan fingerprint density at radius 1 is 1.15 bits per heavy atom. The number of imidazole rings is 1. The second-order valence-electron chi connectivity index (χ2n) is 7.96. The summed E-state index contributed by atoms with van der Waals surface area (Å²) in [4.78, 5) is 8.41. The number of hydrogen-bond donors (Lipinski definition) is 2. The summed E-state index contributed by atoms with van der Waals surface area (Å²) in [6.07, 6.45) is -2.56. The molecule has 7 nitrogen and oxygen atoms in total. The number of fused-ring (bicyclic) bond motifs is 1. The Morgan fingerprint density at radius 3 is 2.39 bits per heavy atom. The molecular weight excluding hydrogens is 480 g/mol. The van der Waals surface area contributed by atoms with Crippen molar-refractivity contribution < 1.29 is 18.3 Å². The lowest BCUT2D eigenvalue weighted by Gasteiger charge is -2.33. The highest BCUT2D eigenvalue weighted by atomic mass is 35.5. The van der Waals surface area contributed by atoms with Crippen molar-refractivity contribution in [2.75, 3.05) is 14.1 Å². The standard InChI is InChI=1S/C21H21Cl2F3N6O/c1-11-27-9-16(31(11)3)21(33,17-10-30(2)29-32(17)4)12-5-6-15-13(7-12)18(22)14(19(23)28-15)8-20(24,25)26/h5-7,9-10,29,33H,8H2,1-4H3. The zero-order valence-electron chi connectivity index (χ0n) is 18.2. The molecule has 3 aromatic rings. The zero-order chi connectivity index (χ0) is 24.3. The summed E-state index contributed by atoms with van der Waals surface area (Å²) >= 11 is 12.4. The lowest BCUT2D eigenvalue weighted by molar-refractivity contribution is -0.127. The van der Waals surface area contributed by atoms with Gasteiger partial charge in [-0.3, -0.25) is 10.0 Å². The van der Waals surface area contributed by atoms with Crippen molar-refractivity contribution >= 4 is 34.1 Å². The number of hydrazine groups is 2. The van der Waals surface area contributed by atoms with E-state index >= 15 is 0 Å². The van der Waals surface area contributed by atoms with Gasteiger partial charge in [-0.1, -0.05) is 29.3 Å². The lowest BCUT2D eigenvalue weighted by Crippen LogP contribution is -2.42. The normalized spacial score (nSPS) is 16.5. The van der Waals surface area contributed by atoms with Crippen molar-refractivity contribution in [2.45, 2.75) is 25.1 Å². The van der Waals surface area contributed by atoms with Crippen LogP contribution in [-0.4, -0.2) is 49.9 Å². The molecule has 1 aromatic carbocycles. The number of rotatable bonds is 4. The van der Waals surface area contributed by atoms with Gasteiger partial charge in [0, 0.05) is 38.3 Å². The number of hydrogen-bond acceptors (Lipinski definition) is 6.